The highest BCUT2D eigenvalue weighted by Gasteiger charge is 2.23. The van der Waals surface area contributed by atoms with E-state index in [1.807, 2.05) is 36.4 Å². The van der Waals surface area contributed by atoms with Crippen LogP contribution in [0, 0.1) is 0 Å². The predicted octanol–water partition coefficient (Wildman–Crippen LogP) is 4.30. The normalized spacial score (nSPS) is 15.3. The van der Waals surface area contributed by atoms with Gasteiger partial charge < -0.3 is 16.4 Å². The first-order chi connectivity index (χ1) is 13.2. The Labute approximate surface area is 159 Å². The van der Waals surface area contributed by atoms with Gasteiger partial charge in [-0.15, -0.1) is 0 Å². The predicted molar refractivity (Wildman–Crippen MR) is 110 cm³/mol. The third-order valence-corrected chi connectivity index (χ3v) is 5.09. The van der Waals surface area contributed by atoms with Crippen molar-refractivity contribution in [2.24, 2.45) is 0 Å². The number of anilines is 2. The number of nitrogens with two attached hydrogens (primary N) is 1. The Morgan fingerprint density at radius 2 is 1.78 bits per heavy atom. The van der Waals surface area contributed by atoms with Gasteiger partial charge in [0.2, 0.25) is 0 Å². The first kappa shape index (κ1) is 17.3. The van der Waals surface area contributed by atoms with Crippen LogP contribution in [-0.4, -0.2) is 5.91 Å². The lowest BCUT2D eigenvalue weighted by atomic mass is 10.0. The molecule has 1 unspecified atom stereocenters. The van der Waals surface area contributed by atoms with Crippen molar-refractivity contribution in [3.63, 3.8) is 0 Å². The van der Waals surface area contributed by atoms with Crippen LogP contribution >= 0.6 is 0 Å². The molecule has 0 spiro atoms. The molecular formula is C23H23N3O. The number of nitrogens with one attached hydrogen (secondary N) is 2. The Bertz CT molecular complexity index is 953. The van der Waals surface area contributed by atoms with E-state index in [0.717, 1.165) is 19.4 Å². The second-order valence-electron chi connectivity index (χ2n) is 6.91. The van der Waals surface area contributed by atoms with Crippen molar-refractivity contribution in [3.8, 4) is 0 Å². The molecule has 0 bridgehead atoms. The standard InChI is InChI=1S/C23H23N3O/c24-20-8-4-5-9-22(20)26-23(27)18-10-12-19-17(14-18)11-13-21(19)25-15-16-6-2-1-3-7-16/h1-10,12,14,21,25H,11,13,15,24H2,(H,26,27). The molecule has 0 radical (unpaired) electrons. The molecule has 3 aromatic carbocycles. The van der Waals surface area contributed by atoms with E-state index in [0.29, 0.717) is 23.0 Å². The van der Waals surface area contributed by atoms with Gasteiger partial charge in [-0.05, 0) is 53.8 Å². The maximum absolute atomic E-state index is 12.6. The molecule has 0 saturated heterocycles. The molecule has 0 heterocycles. The fraction of sp³-hybridized carbons (Fsp3) is 0.174. The zero-order valence-electron chi connectivity index (χ0n) is 15.1. The minimum Gasteiger partial charge on any atom is -0.397 e. The minimum absolute atomic E-state index is 0.128. The lowest BCUT2D eigenvalue weighted by molar-refractivity contribution is 0.102. The third-order valence-electron chi connectivity index (χ3n) is 5.09. The second kappa shape index (κ2) is 7.64. The molecule has 4 heteroatoms. The molecule has 4 N–H and O–H groups in total. The molecule has 3 aromatic rings. The fourth-order valence-corrected chi connectivity index (χ4v) is 3.61. The Morgan fingerprint density at radius 3 is 2.59 bits per heavy atom. The molecule has 1 aliphatic rings. The van der Waals surface area contributed by atoms with Gasteiger partial charge in [-0.1, -0.05) is 48.5 Å². The van der Waals surface area contributed by atoms with Gasteiger partial charge in [0.15, 0.2) is 0 Å². The highest BCUT2D eigenvalue weighted by Crippen LogP contribution is 2.32. The number of para-hydroxylation sites is 2. The lowest BCUT2D eigenvalue weighted by Crippen LogP contribution is -2.19. The number of nitrogen functional groups attached to an aromatic ring is 1. The fourth-order valence-electron chi connectivity index (χ4n) is 3.61. The zero-order valence-corrected chi connectivity index (χ0v) is 15.1. The van der Waals surface area contributed by atoms with Gasteiger partial charge in [0.1, 0.15) is 0 Å². The van der Waals surface area contributed by atoms with E-state index in [1.54, 1.807) is 6.07 Å². The summed E-state index contributed by atoms with van der Waals surface area (Å²) in [6, 6.07) is 24.0. The number of fused-ring (bicyclic) bond motifs is 1. The summed E-state index contributed by atoms with van der Waals surface area (Å²) in [5.74, 6) is -0.128. The van der Waals surface area contributed by atoms with Crippen LogP contribution in [0.5, 0.6) is 0 Å². The van der Waals surface area contributed by atoms with Crippen molar-refractivity contribution in [2.75, 3.05) is 11.1 Å². The maximum atomic E-state index is 12.6. The third kappa shape index (κ3) is 3.86. The summed E-state index contributed by atoms with van der Waals surface area (Å²) in [5.41, 5.74) is 11.6. The van der Waals surface area contributed by atoms with E-state index in [2.05, 4.69) is 41.0 Å². The summed E-state index contributed by atoms with van der Waals surface area (Å²) in [6.07, 6.45) is 2.04. The number of carbonyl (C=O) groups is 1. The number of aryl methyl sites for hydroxylation is 1. The Balaban J connectivity index is 1.45. The van der Waals surface area contributed by atoms with Crippen molar-refractivity contribution in [1.29, 1.82) is 0 Å². The molecule has 4 rings (SSSR count). The van der Waals surface area contributed by atoms with E-state index in [-0.39, 0.29) is 5.91 Å². The Morgan fingerprint density at radius 1 is 1.00 bits per heavy atom. The Hall–Kier alpha value is -3.11. The molecule has 1 aliphatic carbocycles. The highest BCUT2D eigenvalue weighted by molar-refractivity contribution is 6.05. The van der Waals surface area contributed by atoms with Crippen LogP contribution < -0.4 is 16.4 Å². The van der Waals surface area contributed by atoms with Crippen molar-refractivity contribution < 1.29 is 4.79 Å². The van der Waals surface area contributed by atoms with Crippen LogP contribution in [0.15, 0.2) is 72.8 Å². The number of benzene rings is 3. The summed E-state index contributed by atoms with van der Waals surface area (Å²) >= 11 is 0. The average molecular weight is 357 g/mol. The van der Waals surface area contributed by atoms with Gasteiger partial charge in [-0.25, -0.2) is 0 Å². The molecule has 0 aromatic heterocycles. The summed E-state index contributed by atoms with van der Waals surface area (Å²) in [4.78, 5) is 12.6. The van der Waals surface area contributed by atoms with E-state index < -0.39 is 0 Å². The quantitative estimate of drug-likeness (QED) is 0.597. The van der Waals surface area contributed by atoms with Gasteiger partial charge in [-0.2, -0.15) is 0 Å². The first-order valence-electron chi connectivity index (χ1n) is 9.27. The first-order valence-corrected chi connectivity index (χ1v) is 9.27. The maximum Gasteiger partial charge on any atom is 0.255 e. The Kier molecular flexibility index (Phi) is 4.90. The largest absolute Gasteiger partial charge is 0.397 e. The van der Waals surface area contributed by atoms with E-state index >= 15 is 0 Å². The molecule has 0 aliphatic heterocycles. The zero-order chi connectivity index (χ0) is 18.6. The summed E-state index contributed by atoms with van der Waals surface area (Å²) < 4.78 is 0. The van der Waals surface area contributed by atoms with Crippen molar-refractivity contribution in [1.82, 2.24) is 5.32 Å². The van der Waals surface area contributed by atoms with E-state index in [1.165, 1.54) is 16.7 Å². The second-order valence-corrected chi connectivity index (χ2v) is 6.91. The molecule has 0 fully saturated rings. The summed E-state index contributed by atoms with van der Waals surface area (Å²) in [6.45, 7) is 0.848. The minimum atomic E-state index is -0.128. The SMILES string of the molecule is Nc1ccccc1NC(=O)c1ccc2c(c1)CCC2NCc1ccccc1. The van der Waals surface area contributed by atoms with E-state index in [4.69, 9.17) is 5.73 Å². The molecule has 0 saturated carbocycles. The van der Waals surface area contributed by atoms with Crippen LogP contribution in [0.4, 0.5) is 11.4 Å². The number of hydrogen-bond acceptors (Lipinski definition) is 3. The average Bonchev–Trinajstić information content (AvgIpc) is 3.11. The van der Waals surface area contributed by atoms with Crippen molar-refractivity contribution in [2.45, 2.75) is 25.4 Å². The number of amides is 1. The molecule has 1 atom stereocenters. The van der Waals surface area contributed by atoms with E-state index in [9.17, 15) is 4.79 Å². The molecule has 4 nitrogen and oxygen atoms in total. The van der Waals surface area contributed by atoms with Crippen LogP contribution in [0.25, 0.3) is 0 Å². The lowest BCUT2D eigenvalue weighted by Gasteiger charge is -2.15. The summed E-state index contributed by atoms with van der Waals surface area (Å²) in [7, 11) is 0. The van der Waals surface area contributed by atoms with Gasteiger partial charge >= 0.3 is 0 Å². The molecular weight excluding hydrogens is 334 g/mol. The van der Waals surface area contributed by atoms with Crippen LogP contribution in [0.2, 0.25) is 0 Å². The van der Waals surface area contributed by atoms with Gasteiger partial charge in [0, 0.05) is 18.2 Å². The topological polar surface area (TPSA) is 67.1 Å². The van der Waals surface area contributed by atoms with Gasteiger partial charge in [0.25, 0.3) is 5.91 Å². The molecule has 136 valence electrons. The van der Waals surface area contributed by atoms with Crippen molar-refractivity contribution >= 4 is 17.3 Å². The van der Waals surface area contributed by atoms with Crippen LogP contribution in [0.1, 0.15) is 39.5 Å². The molecule has 27 heavy (non-hydrogen) atoms. The summed E-state index contributed by atoms with van der Waals surface area (Å²) in [5, 5.41) is 6.53. The number of hydrogen-bond donors (Lipinski definition) is 3. The van der Waals surface area contributed by atoms with Crippen LogP contribution in [-0.2, 0) is 13.0 Å². The number of carbonyl (C=O) groups excluding carboxylic acids is 1. The molecule has 1 amide bonds. The van der Waals surface area contributed by atoms with Gasteiger partial charge in [0.05, 0.1) is 11.4 Å². The van der Waals surface area contributed by atoms with Crippen molar-refractivity contribution in [3.05, 3.63) is 95.1 Å². The number of rotatable bonds is 5. The van der Waals surface area contributed by atoms with Gasteiger partial charge in [-0.3, -0.25) is 4.79 Å². The highest BCUT2D eigenvalue weighted by atomic mass is 16.1. The smallest absolute Gasteiger partial charge is 0.255 e. The van der Waals surface area contributed by atoms with Crippen LogP contribution in [0.3, 0.4) is 0 Å². The monoisotopic (exact) mass is 357 g/mol.